The van der Waals surface area contributed by atoms with Gasteiger partial charge in [0.25, 0.3) is 0 Å². The minimum Gasteiger partial charge on any atom is -0.318 e. The lowest BCUT2D eigenvalue weighted by atomic mass is 10.0. The molecule has 0 saturated carbocycles. The van der Waals surface area contributed by atoms with E-state index in [9.17, 15) is 9.59 Å². The zero-order chi connectivity index (χ0) is 17.1. The molecule has 2 aromatic carbocycles. The molecule has 0 radical (unpaired) electrons. The molecule has 1 heterocycles. The van der Waals surface area contributed by atoms with Crippen molar-refractivity contribution in [2.75, 3.05) is 16.8 Å². The van der Waals surface area contributed by atoms with Gasteiger partial charge in [0.05, 0.1) is 0 Å². The first-order chi connectivity index (χ1) is 11.6. The molecule has 124 valence electrons. The van der Waals surface area contributed by atoms with Crippen molar-refractivity contribution in [3.8, 4) is 0 Å². The van der Waals surface area contributed by atoms with Gasteiger partial charge in [-0.15, -0.1) is 0 Å². The van der Waals surface area contributed by atoms with Crippen LogP contribution in [0.15, 0.2) is 48.5 Å². The van der Waals surface area contributed by atoms with Gasteiger partial charge in [-0.3, -0.25) is 9.59 Å². The minimum absolute atomic E-state index is 0.432. The van der Waals surface area contributed by atoms with Crippen molar-refractivity contribution in [3.63, 3.8) is 0 Å². The largest absolute Gasteiger partial charge is 0.318 e. The van der Waals surface area contributed by atoms with Gasteiger partial charge in [-0.05, 0) is 48.1 Å². The molecule has 0 saturated heterocycles. The second-order valence-corrected chi connectivity index (χ2v) is 6.42. The normalized spacial score (nSPS) is 13.5. The number of hydrogen-bond acceptors (Lipinski definition) is 2. The average molecular weight is 322 g/mol. The first kappa shape index (κ1) is 16.2. The molecular weight excluding hydrogens is 300 g/mol. The third-order valence-corrected chi connectivity index (χ3v) is 4.38. The second kappa shape index (κ2) is 6.87. The van der Waals surface area contributed by atoms with E-state index in [0.717, 1.165) is 24.1 Å². The van der Waals surface area contributed by atoms with Crippen molar-refractivity contribution in [2.24, 2.45) is 0 Å². The van der Waals surface area contributed by atoms with Crippen LogP contribution in [0, 0.1) is 0 Å². The van der Waals surface area contributed by atoms with Crippen LogP contribution in [0.3, 0.4) is 0 Å². The number of anilines is 2. The molecule has 0 aromatic heterocycles. The third kappa shape index (κ3) is 3.32. The molecule has 0 fully saturated rings. The summed E-state index contributed by atoms with van der Waals surface area (Å²) in [4.78, 5) is 26.5. The van der Waals surface area contributed by atoms with E-state index in [-0.39, 0.29) is 0 Å². The summed E-state index contributed by atoms with van der Waals surface area (Å²) in [5.74, 6) is -0.666. The lowest BCUT2D eigenvalue weighted by Crippen LogP contribution is -2.42. The van der Waals surface area contributed by atoms with Crippen molar-refractivity contribution >= 4 is 23.2 Å². The molecule has 3 rings (SSSR count). The highest BCUT2D eigenvalue weighted by atomic mass is 16.2. The van der Waals surface area contributed by atoms with E-state index in [2.05, 4.69) is 19.2 Å². The number of carbonyl (C=O) groups is 2. The Hall–Kier alpha value is -2.62. The Morgan fingerprint density at radius 3 is 2.46 bits per heavy atom. The fourth-order valence-corrected chi connectivity index (χ4v) is 3.00. The summed E-state index contributed by atoms with van der Waals surface area (Å²) < 4.78 is 0. The SMILES string of the molecule is CC(C)c1ccc(NC(=O)C(=O)N2CCCc3ccccc32)cc1. The lowest BCUT2D eigenvalue weighted by Gasteiger charge is -2.28. The molecule has 4 heteroatoms. The van der Waals surface area contributed by atoms with Gasteiger partial charge in [0.15, 0.2) is 0 Å². The van der Waals surface area contributed by atoms with Gasteiger partial charge in [-0.1, -0.05) is 44.2 Å². The number of aryl methyl sites for hydroxylation is 1. The first-order valence-corrected chi connectivity index (χ1v) is 8.37. The lowest BCUT2D eigenvalue weighted by molar-refractivity contribution is -0.134. The summed E-state index contributed by atoms with van der Waals surface area (Å²) in [6.45, 7) is 4.81. The van der Waals surface area contributed by atoms with Crippen LogP contribution in [0.4, 0.5) is 11.4 Å². The molecule has 4 nitrogen and oxygen atoms in total. The zero-order valence-corrected chi connectivity index (χ0v) is 14.1. The monoisotopic (exact) mass is 322 g/mol. The smallest absolute Gasteiger partial charge is 0.316 e. The summed E-state index contributed by atoms with van der Waals surface area (Å²) in [5.41, 5.74) is 3.80. The summed E-state index contributed by atoms with van der Waals surface area (Å²) in [7, 11) is 0. The maximum atomic E-state index is 12.6. The number of para-hydroxylation sites is 1. The standard InChI is InChI=1S/C20H22N2O2/c1-14(2)15-9-11-17(12-10-15)21-19(23)20(24)22-13-5-7-16-6-3-4-8-18(16)22/h3-4,6,8-12,14H,5,7,13H2,1-2H3,(H,21,23). The Kier molecular flexibility index (Phi) is 4.65. The van der Waals surface area contributed by atoms with Crippen LogP contribution in [0.5, 0.6) is 0 Å². The van der Waals surface area contributed by atoms with Crippen molar-refractivity contribution in [3.05, 3.63) is 59.7 Å². The van der Waals surface area contributed by atoms with E-state index < -0.39 is 11.8 Å². The van der Waals surface area contributed by atoms with Gasteiger partial charge in [0.2, 0.25) is 0 Å². The van der Waals surface area contributed by atoms with Gasteiger partial charge in [0, 0.05) is 17.9 Å². The van der Waals surface area contributed by atoms with Crippen molar-refractivity contribution in [2.45, 2.75) is 32.6 Å². The number of nitrogens with zero attached hydrogens (tertiary/aromatic N) is 1. The summed E-state index contributed by atoms with van der Waals surface area (Å²) in [5, 5.41) is 2.71. The Morgan fingerprint density at radius 2 is 1.75 bits per heavy atom. The fourth-order valence-electron chi connectivity index (χ4n) is 3.00. The van der Waals surface area contributed by atoms with Crippen molar-refractivity contribution in [1.29, 1.82) is 0 Å². The summed E-state index contributed by atoms with van der Waals surface area (Å²) in [6, 6.07) is 15.4. The van der Waals surface area contributed by atoms with Crippen LogP contribution in [-0.4, -0.2) is 18.4 Å². The highest BCUT2D eigenvalue weighted by Crippen LogP contribution is 2.27. The van der Waals surface area contributed by atoms with Crippen molar-refractivity contribution < 1.29 is 9.59 Å². The van der Waals surface area contributed by atoms with E-state index >= 15 is 0 Å². The van der Waals surface area contributed by atoms with Gasteiger partial charge >= 0.3 is 11.8 Å². The topological polar surface area (TPSA) is 49.4 Å². The quantitative estimate of drug-likeness (QED) is 0.857. The summed E-state index contributed by atoms with van der Waals surface area (Å²) >= 11 is 0. The van der Waals surface area contributed by atoms with E-state index in [4.69, 9.17) is 0 Å². The van der Waals surface area contributed by atoms with Crippen LogP contribution in [0.25, 0.3) is 0 Å². The number of amides is 2. The molecule has 1 aliphatic rings. The fraction of sp³-hybridized carbons (Fsp3) is 0.300. The number of carbonyl (C=O) groups excluding carboxylic acids is 2. The summed E-state index contributed by atoms with van der Waals surface area (Å²) in [6.07, 6.45) is 1.82. The molecule has 0 atom stereocenters. The molecule has 24 heavy (non-hydrogen) atoms. The molecular formula is C20H22N2O2. The molecule has 0 bridgehead atoms. The number of fused-ring (bicyclic) bond motifs is 1. The minimum atomic E-state index is -0.594. The molecule has 1 N–H and O–H groups in total. The van der Waals surface area contributed by atoms with Gasteiger partial charge in [0.1, 0.15) is 0 Å². The van der Waals surface area contributed by atoms with Crippen LogP contribution >= 0.6 is 0 Å². The van der Waals surface area contributed by atoms with E-state index in [1.54, 1.807) is 4.90 Å². The van der Waals surface area contributed by atoms with E-state index in [1.807, 2.05) is 48.5 Å². The van der Waals surface area contributed by atoms with Gasteiger partial charge in [-0.25, -0.2) is 0 Å². The second-order valence-electron chi connectivity index (χ2n) is 6.42. The highest BCUT2D eigenvalue weighted by molar-refractivity contribution is 6.44. The number of benzene rings is 2. The predicted octanol–water partition coefficient (Wildman–Crippen LogP) is 3.73. The maximum absolute atomic E-state index is 12.6. The van der Waals surface area contributed by atoms with E-state index in [0.29, 0.717) is 18.2 Å². The third-order valence-electron chi connectivity index (χ3n) is 4.38. The molecule has 0 unspecified atom stereocenters. The average Bonchev–Trinajstić information content (AvgIpc) is 2.61. The maximum Gasteiger partial charge on any atom is 0.316 e. The van der Waals surface area contributed by atoms with Gasteiger partial charge < -0.3 is 10.2 Å². The molecule has 2 amide bonds. The van der Waals surface area contributed by atoms with Gasteiger partial charge in [-0.2, -0.15) is 0 Å². The number of rotatable bonds is 2. The Morgan fingerprint density at radius 1 is 1.04 bits per heavy atom. The van der Waals surface area contributed by atoms with Crippen LogP contribution in [-0.2, 0) is 16.0 Å². The Labute approximate surface area is 142 Å². The van der Waals surface area contributed by atoms with Crippen LogP contribution in [0.1, 0.15) is 37.3 Å². The first-order valence-electron chi connectivity index (χ1n) is 8.37. The predicted molar refractivity (Wildman–Crippen MR) is 96.3 cm³/mol. The van der Waals surface area contributed by atoms with E-state index in [1.165, 1.54) is 5.56 Å². The Bertz CT molecular complexity index is 750. The zero-order valence-electron chi connectivity index (χ0n) is 14.1. The molecule has 0 aliphatic carbocycles. The number of hydrogen-bond donors (Lipinski definition) is 1. The molecule has 1 aliphatic heterocycles. The van der Waals surface area contributed by atoms with Crippen molar-refractivity contribution in [1.82, 2.24) is 0 Å². The van der Waals surface area contributed by atoms with Crippen LogP contribution in [0.2, 0.25) is 0 Å². The number of nitrogens with one attached hydrogen (secondary N) is 1. The molecule has 0 spiro atoms. The molecule has 2 aromatic rings. The van der Waals surface area contributed by atoms with Crippen LogP contribution < -0.4 is 10.2 Å². The highest BCUT2D eigenvalue weighted by Gasteiger charge is 2.27. The Balaban J connectivity index is 1.73.